The van der Waals surface area contributed by atoms with Gasteiger partial charge >= 0.3 is 6.09 Å². The highest BCUT2D eigenvalue weighted by atomic mass is 19.3. The third-order valence-corrected chi connectivity index (χ3v) is 3.68. The Morgan fingerprint density at radius 2 is 2.04 bits per heavy atom. The number of cyclic esters (lactones) is 1. The van der Waals surface area contributed by atoms with Crippen molar-refractivity contribution >= 4 is 23.4 Å². The van der Waals surface area contributed by atoms with E-state index in [1.807, 2.05) is 0 Å². The fourth-order valence-corrected chi connectivity index (χ4v) is 2.49. The van der Waals surface area contributed by atoms with Gasteiger partial charge in [0.2, 0.25) is 0 Å². The Balaban J connectivity index is 1.75. The van der Waals surface area contributed by atoms with Gasteiger partial charge in [-0.3, -0.25) is 9.69 Å². The second-order valence-corrected chi connectivity index (χ2v) is 5.47. The number of halogens is 2. The van der Waals surface area contributed by atoms with E-state index in [4.69, 9.17) is 9.47 Å². The molecule has 0 spiro atoms. The van der Waals surface area contributed by atoms with Gasteiger partial charge in [-0.15, -0.1) is 0 Å². The van der Waals surface area contributed by atoms with E-state index >= 15 is 0 Å². The van der Waals surface area contributed by atoms with Crippen LogP contribution in [-0.2, 0) is 4.74 Å². The molecule has 1 fully saturated rings. The Labute approximate surface area is 148 Å². The van der Waals surface area contributed by atoms with Crippen LogP contribution in [0.2, 0.25) is 0 Å². The molecule has 0 saturated carbocycles. The zero-order valence-corrected chi connectivity index (χ0v) is 13.7. The fourth-order valence-electron chi connectivity index (χ4n) is 2.49. The minimum Gasteiger partial charge on any atom is -0.485 e. The molecule has 3 rings (SSSR count). The smallest absolute Gasteiger partial charge is 0.414 e. The summed E-state index contributed by atoms with van der Waals surface area (Å²) >= 11 is 0. The number of hydrogen-bond donors (Lipinski definition) is 1. The van der Waals surface area contributed by atoms with Gasteiger partial charge in [0.15, 0.2) is 0 Å². The van der Waals surface area contributed by atoms with Gasteiger partial charge in [-0.1, -0.05) is 18.2 Å². The number of amides is 2. The van der Waals surface area contributed by atoms with Crippen LogP contribution < -0.4 is 15.0 Å². The second-order valence-electron chi connectivity index (χ2n) is 5.47. The van der Waals surface area contributed by atoms with Crippen molar-refractivity contribution in [3.8, 4) is 5.75 Å². The van der Waals surface area contributed by atoms with Crippen LogP contribution in [0.15, 0.2) is 48.5 Å². The maximum atomic E-state index is 12.5. The number of benzene rings is 2. The average Bonchev–Trinajstić information content (AvgIpc) is 3.07. The highest BCUT2D eigenvalue weighted by molar-refractivity contribution is 6.06. The molecule has 2 aromatic rings. The third kappa shape index (κ3) is 4.08. The van der Waals surface area contributed by atoms with Crippen LogP contribution in [0.4, 0.5) is 25.0 Å². The molecule has 136 valence electrons. The lowest BCUT2D eigenvalue weighted by Crippen LogP contribution is -2.23. The van der Waals surface area contributed by atoms with Crippen LogP contribution in [0.3, 0.4) is 0 Å². The van der Waals surface area contributed by atoms with Gasteiger partial charge in [0.1, 0.15) is 19.0 Å². The fraction of sp³-hybridized carbons (Fsp3) is 0.222. The molecular formula is C18H16F2N2O4. The molecule has 0 atom stereocenters. The van der Waals surface area contributed by atoms with Crippen molar-refractivity contribution in [2.24, 2.45) is 0 Å². The molecule has 2 aromatic carbocycles. The third-order valence-electron chi connectivity index (χ3n) is 3.68. The Hall–Kier alpha value is -3.16. The maximum Gasteiger partial charge on any atom is 0.414 e. The maximum absolute atomic E-state index is 12.5. The van der Waals surface area contributed by atoms with Crippen LogP contribution in [0.5, 0.6) is 5.75 Å². The summed E-state index contributed by atoms with van der Waals surface area (Å²) in [4.78, 5) is 25.6. The molecule has 26 heavy (non-hydrogen) atoms. The first kappa shape index (κ1) is 17.7. The van der Waals surface area contributed by atoms with Gasteiger partial charge in [-0.2, -0.15) is 0 Å². The van der Waals surface area contributed by atoms with Gasteiger partial charge in [0, 0.05) is 11.3 Å². The van der Waals surface area contributed by atoms with Crippen molar-refractivity contribution < 1.29 is 27.8 Å². The topological polar surface area (TPSA) is 67.9 Å². The molecule has 0 aliphatic carbocycles. The van der Waals surface area contributed by atoms with E-state index in [9.17, 15) is 18.4 Å². The Kier molecular flexibility index (Phi) is 5.31. The van der Waals surface area contributed by atoms with Crippen LogP contribution in [0, 0.1) is 0 Å². The zero-order valence-electron chi connectivity index (χ0n) is 13.7. The van der Waals surface area contributed by atoms with E-state index in [0.717, 1.165) is 0 Å². The van der Waals surface area contributed by atoms with Crippen LogP contribution in [-0.4, -0.2) is 38.2 Å². The van der Waals surface area contributed by atoms with E-state index in [2.05, 4.69) is 5.32 Å². The number of nitrogens with zero attached hydrogens (tertiary/aromatic N) is 1. The largest absolute Gasteiger partial charge is 0.485 e. The molecule has 0 aromatic heterocycles. The summed E-state index contributed by atoms with van der Waals surface area (Å²) in [7, 11) is 0. The average molecular weight is 362 g/mol. The van der Waals surface area contributed by atoms with Crippen molar-refractivity contribution in [2.45, 2.75) is 6.43 Å². The number of rotatable bonds is 6. The van der Waals surface area contributed by atoms with E-state index < -0.39 is 25.0 Å². The highest BCUT2D eigenvalue weighted by Gasteiger charge is 2.24. The number of hydrogen-bond acceptors (Lipinski definition) is 4. The SMILES string of the molecule is O=C(Nc1ccccc1OCC(F)F)c1cccc(N2CCOC2=O)c1. The van der Waals surface area contributed by atoms with Crippen molar-refractivity contribution in [1.29, 1.82) is 0 Å². The number of nitrogens with one attached hydrogen (secondary N) is 1. The predicted molar refractivity (Wildman–Crippen MR) is 91.0 cm³/mol. The van der Waals surface area contributed by atoms with E-state index in [1.165, 1.54) is 11.0 Å². The van der Waals surface area contributed by atoms with Gasteiger partial charge < -0.3 is 14.8 Å². The zero-order chi connectivity index (χ0) is 18.5. The van der Waals surface area contributed by atoms with Crippen LogP contribution in [0.1, 0.15) is 10.4 Å². The lowest BCUT2D eigenvalue weighted by molar-refractivity contribution is 0.0822. The Morgan fingerprint density at radius 1 is 1.23 bits per heavy atom. The summed E-state index contributed by atoms with van der Waals surface area (Å²) < 4.78 is 34.6. The number of para-hydroxylation sites is 2. The lowest BCUT2D eigenvalue weighted by Gasteiger charge is -2.15. The number of carbonyl (C=O) groups excluding carboxylic acids is 2. The lowest BCUT2D eigenvalue weighted by atomic mass is 10.1. The molecule has 0 radical (unpaired) electrons. The number of ether oxygens (including phenoxy) is 2. The summed E-state index contributed by atoms with van der Waals surface area (Å²) in [5, 5.41) is 2.64. The standard InChI is InChI=1S/C18H16F2N2O4/c19-16(20)11-26-15-7-2-1-6-14(15)21-17(23)12-4-3-5-13(10-12)22-8-9-25-18(22)24/h1-7,10,16H,8-9,11H2,(H,21,23). The predicted octanol–water partition coefficient (Wildman–Crippen LogP) is 3.54. The summed E-state index contributed by atoms with van der Waals surface area (Å²) in [6, 6.07) is 12.8. The van der Waals surface area contributed by atoms with Crippen molar-refractivity contribution in [1.82, 2.24) is 0 Å². The van der Waals surface area contributed by atoms with Gasteiger partial charge in [0.25, 0.3) is 12.3 Å². The molecule has 8 heteroatoms. The molecule has 1 N–H and O–H groups in total. The van der Waals surface area contributed by atoms with Gasteiger partial charge in [-0.05, 0) is 30.3 Å². The summed E-state index contributed by atoms with van der Waals surface area (Å²) in [6.07, 6.45) is -3.08. The quantitative estimate of drug-likeness (QED) is 0.854. The van der Waals surface area contributed by atoms with E-state index in [0.29, 0.717) is 24.4 Å². The first-order valence-corrected chi connectivity index (χ1v) is 7.90. The molecule has 1 aliphatic rings. The van der Waals surface area contributed by atoms with Crippen LogP contribution in [0.25, 0.3) is 0 Å². The summed E-state index contributed by atoms with van der Waals surface area (Å²) in [5.41, 5.74) is 1.14. The molecule has 1 aliphatic heterocycles. The normalized spacial score (nSPS) is 13.7. The van der Waals surface area contributed by atoms with Gasteiger partial charge in [0.05, 0.1) is 12.2 Å². The van der Waals surface area contributed by atoms with Crippen molar-refractivity contribution in [2.75, 3.05) is 30.0 Å². The molecule has 6 nitrogen and oxygen atoms in total. The number of alkyl halides is 2. The highest BCUT2D eigenvalue weighted by Crippen LogP contribution is 2.26. The van der Waals surface area contributed by atoms with Gasteiger partial charge in [-0.25, -0.2) is 13.6 Å². The van der Waals surface area contributed by atoms with E-state index in [-0.39, 0.29) is 11.4 Å². The van der Waals surface area contributed by atoms with Crippen molar-refractivity contribution in [3.05, 3.63) is 54.1 Å². The van der Waals surface area contributed by atoms with Crippen LogP contribution >= 0.6 is 0 Å². The second kappa shape index (κ2) is 7.81. The summed E-state index contributed by atoms with van der Waals surface area (Å²) in [5.74, 6) is -0.298. The van der Waals surface area contributed by atoms with Crippen molar-refractivity contribution in [3.63, 3.8) is 0 Å². The molecule has 0 bridgehead atoms. The van der Waals surface area contributed by atoms with E-state index in [1.54, 1.807) is 42.5 Å². The molecule has 1 heterocycles. The molecule has 1 saturated heterocycles. The molecule has 2 amide bonds. The minimum atomic E-state index is -2.62. The number of carbonyl (C=O) groups is 2. The number of anilines is 2. The molecule has 0 unspecified atom stereocenters. The Bertz CT molecular complexity index is 813. The summed E-state index contributed by atoms with van der Waals surface area (Å²) in [6.45, 7) is -0.0578. The monoisotopic (exact) mass is 362 g/mol. The first-order valence-electron chi connectivity index (χ1n) is 7.90. The molecular weight excluding hydrogens is 346 g/mol. The minimum absolute atomic E-state index is 0.153. The first-order chi connectivity index (χ1) is 12.5. The Morgan fingerprint density at radius 3 is 2.77 bits per heavy atom.